The predicted molar refractivity (Wildman–Crippen MR) is 84.0 cm³/mol. The molecule has 0 N–H and O–H groups in total. The molecule has 2 aromatic carbocycles. The average Bonchev–Trinajstić information content (AvgIpc) is 3.00. The molecule has 114 valence electrons. The van der Waals surface area contributed by atoms with Gasteiger partial charge in [0.05, 0.1) is 11.6 Å². The third-order valence-electron chi connectivity index (χ3n) is 3.09. The quantitative estimate of drug-likeness (QED) is 0.714. The maximum atomic E-state index is 8.85. The smallest absolute Gasteiger partial charge is 0.264 e. The molecule has 0 saturated carbocycles. The van der Waals surface area contributed by atoms with Gasteiger partial charge in [-0.2, -0.15) is 10.2 Å². The molecule has 1 aromatic heterocycles. The van der Waals surface area contributed by atoms with Crippen LogP contribution in [0.3, 0.4) is 0 Å². The van der Waals surface area contributed by atoms with Crippen molar-refractivity contribution in [1.29, 1.82) is 5.26 Å². The average molecular weight is 326 g/mol. The number of nitriles is 1. The summed E-state index contributed by atoms with van der Waals surface area (Å²) >= 11 is 5.95. The number of nitrogens with zero attached hydrogens (tertiary/aromatic N) is 3. The van der Waals surface area contributed by atoms with E-state index in [9.17, 15) is 0 Å². The highest BCUT2D eigenvalue weighted by atomic mass is 35.5. The third-order valence-corrected chi connectivity index (χ3v) is 3.32. The third kappa shape index (κ3) is 4.09. The van der Waals surface area contributed by atoms with Crippen LogP contribution in [-0.2, 0) is 13.0 Å². The summed E-state index contributed by atoms with van der Waals surface area (Å²) in [6.07, 6.45) is 0.536. The highest BCUT2D eigenvalue weighted by Gasteiger charge is 2.08. The number of hydrogen-bond donors (Lipinski definition) is 0. The van der Waals surface area contributed by atoms with E-state index in [-0.39, 0.29) is 6.61 Å². The molecule has 3 rings (SSSR count). The van der Waals surface area contributed by atoms with Gasteiger partial charge in [-0.25, -0.2) is 0 Å². The van der Waals surface area contributed by atoms with Gasteiger partial charge in [0.2, 0.25) is 0 Å². The van der Waals surface area contributed by atoms with E-state index in [1.165, 1.54) is 0 Å². The molecule has 0 radical (unpaired) electrons. The first kappa shape index (κ1) is 15.1. The number of ether oxygens (including phenoxy) is 1. The standard InChI is InChI=1S/C17H12ClN3O2/c18-14-5-1-3-12(7-14)9-16-20-17(23-21-16)11-22-15-6-2-4-13(8-15)10-19/h1-8H,9,11H2. The molecule has 3 aromatic rings. The Hall–Kier alpha value is -2.84. The van der Waals surface area contributed by atoms with Crippen LogP contribution in [-0.4, -0.2) is 10.1 Å². The van der Waals surface area contributed by atoms with Crippen molar-refractivity contribution in [2.75, 3.05) is 0 Å². The lowest BCUT2D eigenvalue weighted by molar-refractivity contribution is 0.242. The lowest BCUT2D eigenvalue weighted by Crippen LogP contribution is -1.97. The fourth-order valence-corrected chi connectivity index (χ4v) is 2.26. The summed E-state index contributed by atoms with van der Waals surface area (Å²) in [5.74, 6) is 1.53. The molecule has 0 unspecified atom stereocenters. The summed E-state index contributed by atoms with van der Waals surface area (Å²) in [6, 6.07) is 16.5. The number of halogens is 1. The molecule has 6 heteroatoms. The lowest BCUT2D eigenvalue weighted by Gasteiger charge is -2.02. The lowest BCUT2D eigenvalue weighted by atomic mass is 10.1. The molecule has 0 bridgehead atoms. The van der Waals surface area contributed by atoms with Crippen LogP contribution in [0.4, 0.5) is 0 Å². The maximum Gasteiger partial charge on any atom is 0.264 e. The van der Waals surface area contributed by atoms with Crippen molar-refractivity contribution >= 4 is 11.6 Å². The van der Waals surface area contributed by atoms with Gasteiger partial charge in [0, 0.05) is 11.4 Å². The van der Waals surface area contributed by atoms with Gasteiger partial charge in [0.25, 0.3) is 5.89 Å². The van der Waals surface area contributed by atoms with E-state index in [1.807, 2.05) is 24.3 Å². The first-order valence-corrected chi connectivity index (χ1v) is 7.29. The molecule has 0 atom stereocenters. The fraction of sp³-hybridized carbons (Fsp3) is 0.118. The molecule has 1 heterocycles. The van der Waals surface area contributed by atoms with Crippen molar-refractivity contribution in [3.05, 3.63) is 76.4 Å². The van der Waals surface area contributed by atoms with Crippen LogP contribution >= 0.6 is 11.6 Å². The highest BCUT2D eigenvalue weighted by molar-refractivity contribution is 6.30. The monoisotopic (exact) mass is 325 g/mol. The normalized spacial score (nSPS) is 10.3. The van der Waals surface area contributed by atoms with Crippen LogP contribution in [0, 0.1) is 11.3 Å². The Morgan fingerprint density at radius 2 is 2.04 bits per heavy atom. The summed E-state index contributed by atoms with van der Waals surface area (Å²) in [5.41, 5.74) is 1.54. The van der Waals surface area contributed by atoms with Crippen LogP contribution in [0.2, 0.25) is 5.02 Å². The van der Waals surface area contributed by atoms with E-state index in [0.29, 0.717) is 34.5 Å². The number of aromatic nitrogens is 2. The van der Waals surface area contributed by atoms with Crippen LogP contribution < -0.4 is 4.74 Å². The Labute approximate surface area is 138 Å². The molecule has 0 aliphatic carbocycles. The first-order valence-electron chi connectivity index (χ1n) is 6.92. The Morgan fingerprint density at radius 1 is 1.17 bits per heavy atom. The van der Waals surface area contributed by atoms with Crippen LogP contribution in [0.25, 0.3) is 0 Å². The summed E-state index contributed by atoms with van der Waals surface area (Å²) < 4.78 is 10.7. The summed E-state index contributed by atoms with van der Waals surface area (Å²) in [5, 5.41) is 13.5. The molecular weight excluding hydrogens is 314 g/mol. The second-order valence-corrected chi connectivity index (χ2v) is 5.28. The number of hydrogen-bond acceptors (Lipinski definition) is 5. The minimum absolute atomic E-state index is 0.150. The van der Waals surface area contributed by atoms with Crippen molar-refractivity contribution in [3.8, 4) is 11.8 Å². The molecule has 0 saturated heterocycles. The van der Waals surface area contributed by atoms with Crippen molar-refractivity contribution < 1.29 is 9.26 Å². The van der Waals surface area contributed by atoms with E-state index in [0.717, 1.165) is 5.56 Å². The van der Waals surface area contributed by atoms with Gasteiger partial charge >= 0.3 is 0 Å². The van der Waals surface area contributed by atoms with Gasteiger partial charge in [-0.15, -0.1) is 0 Å². The van der Waals surface area contributed by atoms with Crippen LogP contribution in [0.5, 0.6) is 5.75 Å². The van der Waals surface area contributed by atoms with Crippen molar-refractivity contribution in [2.45, 2.75) is 13.0 Å². The molecule has 0 aliphatic rings. The predicted octanol–water partition coefficient (Wildman–Crippen LogP) is 3.76. The van der Waals surface area contributed by atoms with Crippen molar-refractivity contribution in [2.24, 2.45) is 0 Å². The Balaban J connectivity index is 1.62. The van der Waals surface area contributed by atoms with Crippen molar-refractivity contribution in [1.82, 2.24) is 10.1 Å². The Bertz CT molecular complexity index is 855. The second-order valence-electron chi connectivity index (χ2n) is 4.84. The molecule has 5 nitrogen and oxygen atoms in total. The molecule has 0 amide bonds. The Kier molecular flexibility index (Phi) is 4.55. The maximum absolute atomic E-state index is 8.85. The largest absolute Gasteiger partial charge is 0.484 e. The zero-order chi connectivity index (χ0) is 16.1. The van der Waals surface area contributed by atoms with Gasteiger partial charge in [0.15, 0.2) is 12.4 Å². The summed E-state index contributed by atoms with van der Waals surface area (Å²) in [7, 11) is 0. The molecule has 0 fully saturated rings. The van der Waals surface area contributed by atoms with Gasteiger partial charge in [-0.1, -0.05) is 35.0 Å². The van der Waals surface area contributed by atoms with E-state index >= 15 is 0 Å². The van der Waals surface area contributed by atoms with Gasteiger partial charge < -0.3 is 9.26 Å². The van der Waals surface area contributed by atoms with Gasteiger partial charge in [0.1, 0.15) is 5.75 Å². The fourth-order valence-electron chi connectivity index (χ4n) is 2.05. The van der Waals surface area contributed by atoms with E-state index in [4.69, 9.17) is 26.1 Å². The van der Waals surface area contributed by atoms with Crippen LogP contribution in [0.1, 0.15) is 22.8 Å². The first-order chi connectivity index (χ1) is 11.2. The molecular formula is C17H12ClN3O2. The summed E-state index contributed by atoms with van der Waals surface area (Å²) in [6.45, 7) is 0.150. The van der Waals surface area contributed by atoms with Crippen molar-refractivity contribution in [3.63, 3.8) is 0 Å². The van der Waals surface area contributed by atoms with E-state index < -0.39 is 0 Å². The van der Waals surface area contributed by atoms with E-state index in [1.54, 1.807) is 24.3 Å². The number of benzene rings is 2. The molecule has 0 spiro atoms. The highest BCUT2D eigenvalue weighted by Crippen LogP contribution is 2.16. The SMILES string of the molecule is N#Cc1cccc(OCc2nc(Cc3cccc(Cl)c3)no2)c1. The Morgan fingerprint density at radius 3 is 2.87 bits per heavy atom. The summed E-state index contributed by atoms with van der Waals surface area (Å²) in [4.78, 5) is 4.28. The van der Waals surface area contributed by atoms with Crippen LogP contribution in [0.15, 0.2) is 53.1 Å². The molecule has 0 aliphatic heterocycles. The zero-order valence-electron chi connectivity index (χ0n) is 12.1. The zero-order valence-corrected chi connectivity index (χ0v) is 12.8. The van der Waals surface area contributed by atoms with Gasteiger partial charge in [-0.05, 0) is 35.9 Å². The molecule has 23 heavy (non-hydrogen) atoms. The number of rotatable bonds is 5. The minimum Gasteiger partial charge on any atom is -0.484 e. The van der Waals surface area contributed by atoms with E-state index in [2.05, 4.69) is 16.2 Å². The second kappa shape index (κ2) is 6.95. The topological polar surface area (TPSA) is 71.9 Å². The minimum atomic E-state index is 0.150. The van der Waals surface area contributed by atoms with Gasteiger partial charge in [-0.3, -0.25) is 0 Å².